The smallest absolute Gasteiger partial charge is 0.0417 e. The number of hydrogen-bond acceptors (Lipinski definition) is 1. The quantitative estimate of drug-likeness (QED) is 0.761. The summed E-state index contributed by atoms with van der Waals surface area (Å²) in [5, 5.41) is 4.38. The van der Waals surface area contributed by atoms with Crippen molar-refractivity contribution in [1.29, 1.82) is 0 Å². The summed E-state index contributed by atoms with van der Waals surface area (Å²) in [6, 6.07) is 6.45. The molecule has 1 nitrogen and oxygen atoms in total. The second-order valence-electron chi connectivity index (χ2n) is 4.80. The molecule has 0 aliphatic carbocycles. The van der Waals surface area contributed by atoms with E-state index in [4.69, 9.17) is 11.6 Å². The zero-order valence-corrected chi connectivity index (χ0v) is 13.1. The third-order valence-corrected chi connectivity index (χ3v) is 3.61. The second-order valence-corrected chi connectivity index (χ2v) is 6.09. The molecule has 0 heterocycles. The van der Waals surface area contributed by atoms with Crippen LogP contribution in [0, 0.1) is 5.92 Å². The highest BCUT2D eigenvalue weighted by Gasteiger charge is 2.15. The van der Waals surface area contributed by atoms with Crippen molar-refractivity contribution in [1.82, 2.24) is 5.32 Å². The monoisotopic (exact) mass is 317 g/mol. The lowest BCUT2D eigenvalue weighted by atomic mass is 9.97. The first-order valence-corrected chi connectivity index (χ1v) is 7.40. The van der Waals surface area contributed by atoms with Gasteiger partial charge in [0.25, 0.3) is 0 Å². The van der Waals surface area contributed by atoms with Crippen molar-refractivity contribution in [2.24, 2.45) is 5.92 Å². The van der Waals surface area contributed by atoms with E-state index < -0.39 is 0 Å². The third-order valence-electron chi connectivity index (χ3n) is 2.69. The van der Waals surface area contributed by atoms with Gasteiger partial charge in [0.2, 0.25) is 0 Å². The van der Waals surface area contributed by atoms with Gasteiger partial charge in [-0.15, -0.1) is 0 Å². The maximum absolute atomic E-state index is 5.98. The average Bonchev–Trinajstić information content (AvgIpc) is 2.24. The Morgan fingerprint density at radius 1 is 1.35 bits per heavy atom. The summed E-state index contributed by atoms with van der Waals surface area (Å²) < 4.78 is 1.10. The number of rotatable bonds is 6. The van der Waals surface area contributed by atoms with Gasteiger partial charge in [-0.2, -0.15) is 0 Å². The second kappa shape index (κ2) is 7.40. The van der Waals surface area contributed by atoms with Crippen molar-refractivity contribution in [3.05, 3.63) is 33.3 Å². The van der Waals surface area contributed by atoms with Gasteiger partial charge in [0.05, 0.1) is 0 Å². The molecule has 0 saturated carbocycles. The van der Waals surface area contributed by atoms with E-state index in [1.54, 1.807) is 0 Å². The van der Waals surface area contributed by atoms with Crippen LogP contribution in [0.1, 0.15) is 45.2 Å². The van der Waals surface area contributed by atoms with Crippen LogP contribution in [0.4, 0.5) is 0 Å². The molecular formula is C14H21BrClN. The molecule has 0 fully saturated rings. The predicted molar refractivity (Wildman–Crippen MR) is 79.6 cm³/mol. The molecular weight excluding hydrogens is 298 g/mol. The van der Waals surface area contributed by atoms with Gasteiger partial charge < -0.3 is 5.32 Å². The molecule has 17 heavy (non-hydrogen) atoms. The fraction of sp³-hybridized carbons (Fsp3) is 0.571. The fourth-order valence-corrected chi connectivity index (χ4v) is 2.85. The summed E-state index contributed by atoms with van der Waals surface area (Å²) in [6.07, 6.45) is 2.29. The Balaban J connectivity index is 2.86. The van der Waals surface area contributed by atoms with Crippen molar-refractivity contribution in [2.45, 2.75) is 39.7 Å². The van der Waals surface area contributed by atoms with Crippen molar-refractivity contribution >= 4 is 27.5 Å². The van der Waals surface area contributed by atoms with Crippen LogP contribution in [0.25, 0.3) is 0 Å². The minimum absolute atomic E-state index is 0.404. The van der Waals surface area contributed by atoms with Crippen LogP contribution in [0.5, 0.6) is 0 Å². The lowest BCUT2D eigenvalue weighted by Gasteiger charge is -2.22. The van der Waals surface area contributed by atoms with Crippen LogP contribution < -0.4 is 5.32 Å². The minimum atomic E-state index is 0.404. The summed E-state index contributed by atoms with van der Waals surface area (Å²) in [5.41, 5.74) is 1.30. The van der Waals surface area contributed by atoms with E-state index in [0.29, 0.717) is 12.0 Å². The van der Waals surface area contributed by atoms with Crippen molar-refractivity contribution in [2.75, 3.05) is 6.54 Å². The van der Waals surface area contributed by atoms with Crippen LogP contribution in [-0.4, -0.2) is 6.54 Å². The van der Waals surface area contributed by atoms with Crippen LogP contribution in [0.2, 0.25) is 5.02 Å². The zero-order valence-electron chi connectivity index (χ0n) is 10.8. The Bertz CT molecular complexity index is 352. The Morgan fingerprint density at radius 2 is 2.06 bits per heavy atom. The fourth-order valence-electron chi connectivity index (χ4n) is 1.89. The Labute approximate surface area is 118 Å². The summed E-state index contributed by atoms with van der Waals surface area (Å²) in [5.74, 6) is 0.673. The van der Waals surface area contributed by atoms with Gasteiger partial charge in [0.1, 0.15) is 0 Å². The maximum atomic E-state index is 5.98. The van der Waals surface area contributed by atoms with E-state index in [9.17, 15) is 0 Å². The zero-order chi connectivity index (χ0) is 12.8. The van der Waals surface area contributed by atoms with Gasteiger partial charge in [-0.25, -0.2) is 0 Å². The molecule has 0 aliphatic heterocycles. The Hall–Kier alpha value is -0.0500. The van der Waals surface area contributed by atoms with E-state index in [0.717, 1.165) is 28.9 Å². The molecule has 0 aliphatic rings. The normalized spacial score (nSPS) is 13.1. The van der Waals surface area contributed by atoms with E-state index >= 15 is 0 Å². The topological polar surface area (TPSA) is 12.0 Å². The maximum Gasteiger partial charge on any atom is 0.0417 e. The lowest BCUT2D eigenvalue weighted by molar-refractivity contribution is 0.429. The molecule has 96 valence electrons. The first-order valence-electron chi connectivity index (χ1n) is 6.23. The first-order chi connectivity index (χ1) is 8.04. The molecule has 0 radical (unpaired) electrons. The van der Waals surface area contributed by atoms with Gasteiger partial charge in [0, 0.05) is 15.5 Å². The number of hydrogen-bond donors (Lipinski definition) is 1. The van der Waals surface area contributed by atoms with Gasteiger partial charge >= 0.3 is 0 Å². The molecule has 0 amide bonds. The summed E-state index contributed by atoms with van der Waals surface area (Å²) in [4.78, 5) is 0. The molecule has 0 spiro atoms. The van der Waals surface area contributed by atoms with Gasteiger partial charge in [-0.1, -0.05) is 54.4 Å². The average molecular weight is 319 g/mol. The number of benzene rings is 1. The molecule has 1 unspecified atom stereocenters. The van der Waals surface area contributed by atoms with Crippen LogP contribution in [0.15, 0.2) is 22.7 Å². The van der Waals surface area contributed by atoms with E-state index in [1.807, 2.05) is 12.1 Å². The third kappa shape index (κ3) is 4.99. The molecule has 1 rings (SSSR count). The number of nitrogens with one attached hydrogen (secondary N) is 1. The summed E-state index contributed by atoms with van der Waals surface area (Å²) >= 11 is 9.59. The van der Waals surface area contributed by atoms with Crippen LogP contribution >= 0.6 is 27.5 Å². The van der Waals surface area contributed by atoms with E-state index in [2.05, 4.69) is 48.1 Å². The molecule has 0 bridgehead atoms. The molecule has 0 aromatic heterocycles. The van der Waals surface area contributed by atoms with Crippen LogP contribution in [-0.2, 0) is 0 Å². The molecule has 1 aromatic carbocycles. The molecule has 1 aromatic rings. The van der Waals surface area contributed by atoms with Gasteiger partial charge in [-0.3, -0.25) is 0 Å². The SMILES string of the molecule is CCCNC(CC(C)C)c1ccc(Cl)cc1Br. The van der Waals surface area contributed by atoms with Crippen molar-refractivity contribution in [3.63, 3.8) is 0 Å². The van der Waals surface area contributed by atoms with Crippen molar-refractivity contribution < 1.29 is 0 Å². The van der Waals surface area contributed by atoms with Gasteiger partial charge in [-0.05, 0) is 43.0 Å². The molecule has 1 N–H and O–H groups in total. The highest BCUT2D eigenvalue weighted by atomic mass is 79.9. The Morgan fingerprint density at radius 3 is 2.59 bits per heavy atom. The number of halogens is 2. The Kier molecular flexibility index (Phi) is 6.53. The predicted octanol–water partition coefficient (Wildman–Crippen LogP) is 5.19. The highest BCUT2D eigenvalue weighted by molar-refractivity contribution is 9.10. The molecule has 1 atom stereocenters. The largest absolute Gasteiger partial charge is 0.310 e. The van der Waals surface area contributed by atoms with E-state index in [1.165, 1.54) is 5.56 Å². The van der Waals surface area contributed by atoms with Crippen molar-refractivity contribution in [3.8, 4) is 0 Å². The van der Waals surface area contributed by atoms with E-state index in [-0.39, 0.29) is 0 Å². The minimum Gasteiger partial charge on any atom is -0.310 e. The summed E-state index contributed by atoms with van der Waals surface area (Å²) in [7, 11) is 0. The highest BCUT2D eigenvalue weighted by Crippen LogP contribution is 2.30. The lowest BCUT2D eigenvalue weighted by Crippen LogP contribution is -2.23. The molecule has 3 heteroatoms. The molecule has 0 saturated heterocycles. The van der Waals surface area contributed by atoms with Gasteiger partial charge in [0.15, 0.2) is 0 Å². The summed E-state index contributed by atoms with van der Waals surface area (Å²) in [6.45, 7) is 7.75. The standard InChI is InChI=1S/C14H21BrClN/c1-4-7-17-14(8-10(2)3)12-6-5-11(16)9-13(12)15/h5-6,9-10,14,17H,4,7-8H2,1-3H3. The van der Waals surface area contributed by atoms with Crippen LogP contribution in [0.3, 0.4) is 0 Å². The first kappa shape index (κ1) is 15.0.